The van der Waals surface area contributed by atoms with Crippen LogP contribution in [-0.4, -0.2) is 46.9 Å². The van der Waals surface area contributed by atoms with Gasteiger partial charge in [-0.3, -0.25) is 14.4 Å². The minimum absolute atomic E-state index is 0.121. The summed E-state index contributed by atoms with van der Waals surface area (Å²) >= 11 is 0. The Morgan fingerprint density at radius 3 is 2.51 bits per heavy atom. The van der Waals surface area contributed by atoms with Crippen molar-refractivity contribution in [1.82, 2.24) is 19.7 Å². The topological polar surface area (TPSA) is 116 Å². The highest BCUT2D eigenvalue weighted by Gasteiger charge is 2.31. The third-order valence-corrected chi connectivity index (χ3v) is 5.73. The number of fused-ring (bicyclic) bond motifs is 1. The van der Waals surface area contributed by atoms with Gasteiger partial charge >= 0.3 is 6.36 Å². The molecule has 0 bridgehead atoms. The maximum atomic E-state index is 13.1. The number of halogens is 3. The number of carbonyl (C=O) groups excluding carboxylic acids is 1. The number of pyridine rings is 1. The van der Waals surface area contributed by atoms with Crippen molar-refractivity contribution in [2.45, 2.75) is 32.2 Å². The van der Waals surface area contributed by atoms with E-state index < -0.39 is 12.1 Å². The molecule has 4 rings (SSSR count). The highest BCUT2D eigenvalue weighted by molar-refractivity contribution is 5.76. The zero-order valence-corrected chi connectivity index (χ0v) is 19.8. The number of hydrogen-bond donors (Lipinski definition) is 2. The van der Waals surface area contributed by atoms with Crippen molar-refractivity contribution in [1.29, 1.82) is 0 Å². The largest absolute Gasteiger partial charge is 0.573 e. The number of nitrogens with zero attached hydrogens (tertiary/aromatic N) is 3. The summed E-state index contributed by atoms with van der Waals surface area (Å²) in [6.07, 6.45) is -1.42. The number of rotatable bonds is 9. The van der Waals surface area contributed by atoms with Gasteiger partial charge in [-0.15, -0.1) is 18.3 Å². The van der Waals surface area contributed by atoms with Crippen molar-refractivity contribution in [2.24, 2.45) is 0 Å². The van der Waals surface area contributed by atoms with E-state index in [4.69, 9.17) is 4.74 Å². The number of carbonyl (C=O) groups is 1. The molecule has 0 unspecified atom stereocenters. The lowest BCUT2D eigenvalue weighted by Crippen LogP contribution is -2.28. The van der Waals surface area contributed by atoms with Crippen LogP contribution in [0.25, 0.3) is 5.69 Å². The second-order valence-corrected chi connectivity index (χ2v) is 8.19. The van der Waals surface area contributed by atoms with Gasteiger partial charge in [-0.25, -0.2) is 0 Å². The summed E-state index contributed by atoms with van der Waals surface area (Å²) < 4.78 is 49.1. The first-order chi connectivity index (χ1) is 17.7. The molecule has 10 nitrogen and oxygen atoms in total. The van der Waals surface area contributed by atoms with Crippen molar-refractivity contribution < 1.29 is 27.4 Å². The zero-order chi connectivity index (χ0) is 26.6. The van der Waals surface area contributed by atoms with Crippen molar-refractivity contribution in [2.75, 3.05) is 25.6 Å². The van der Waals surface area contributed by atoms with Gasteiger partial charge in [0.2, 0.25) is 5.91 Å². The van der Waals surface area contributed by atoms with Crippen LogP contribution >= 0.6 is 0 Å². The van der Waals surface area contributed by atoms with Crippen LogP contribution in [0.3, 0.4) is 0 Å². The van der Waals surface area contributed by atoms with E-state index in [1.165, 1.54) is 23.7 Å². The van der Waals surface area contributed by atoms with Gasteiger partial charge in [-0.05, 0) is 55.7 Å². The molecule has 2 N–H and O–H groups in total. The lowest BCUT2D eigenvalue weighted by Gasteiger charge is -2.15. The van der Waals surface area contributed by atoms with Gasteiger partial charge in [-0.1, -0.05) is 0 Å². The fraction of sp³-hybridized carbons (Fsp3) is 0.333. The van der Waals surface area contributed by atoms with Crippen molar-refractivity contribution in [3.05, 3.63) is 74.4 Å². The van der Waals surface area contributed by atoms with E-state index in [1.54, 1.807) is 18.3 Å². The number of ether oxygens (including phenoxy) is 2. The maximum Gasteiger partial charge on any atom is 0.573 e. The Balaban J connectivity index is 1.60. The van der Waals surface area contributed by atoms with Crippen molar-refractivity contribution in [3.63, 3.8) is 0 Å². The van der Waals surface area contributed by atoms with Gasteiger partial charge in [0.05, 0.1) is 12.3 Å². The highest BCUT2D eigenvalue weighted by atomic mass is 19.4. The van der Waals surface area contributed by atoms with E-state index >= 15 is 0 Å². The van der Waals surface area contributed by atoms with Gasteiger partial charge in [-0.2, -0.15) is 4.68 Å². The Labute approximate surface area is 208 Å². The third-order valence-electron chi connectivity index (χ3n) is 5.73. The summed E-state index contributed by atoms with van der Waals surface area (Å²) in [7, 11) is 1.50. The third kappa shape index (κ3) is 6.17. The molecule has 0 saturated carbocycles. The second kappa shape index (κ2) is 10.9. The molecule has 0 fully saturated rings. The Morgan fingerprint density at radius 1 is 1.08 bits per heavy atom. The fourth-order valence-corrected chi connectivity index (χ4v) is 3.97. The Kier molecular flexibility index (Phi) is 7.62. The minimum atomic E-state index is -4.83. The molecule has 1 aromatic carbocycles. The van der Waals surface area contributed by atoms with Crippen molar-refractivity contribution >= 4 is 17.4 Å². The number of benzene rings is 1. The Morgan fingerprint density at radius 2 is 1.81 bits per heavy atom. The van der Waals surface area contributed by atoms with E-state index in [-0.39, 0.29) is 48.2 Å². The lowest BCUT2D eigenvalue weighted by molar-refractivity contribution is -0.274. The average Bonchev–Trinajstić information content (AvgIpc) is 3.36. The summed E-state index contributed by atoms with van der Waals surface area (Å²) in [6, 6.07) is 8.03. The van der Waals surface area contributed by atoms with Crippen LogP contribution < -0.4 is 26.5 Å². The normalized spacial score (nSPS) is 12.8. The van der Waals surface area contributed by atoms with E-state index in [1.807, 2.05) is 0 Å². The number of amides is 1. The summed E-state index contributed by atoms with van der Waals surface area (Å²) in [4.78, 5) is 37.3. The van der Waals surface area contributed by atoms with Crippen LogP contribution in [0.15, 0.2) is 52.2 Å². The standard InChI is InChI=1S/C24H24F3N5O5/c1-28-20(33)14-36-13-12-31-11-3-6-19(23(31)35)29-21-17-4-2-5-18(17)22(34)32(30-21)15-7-9-16(10-8-15)37-24(25,26)27/h3,6-11H,2,4-5,12-14H2,1H3,(H,28,33)(H,29,30). The first-order valence-corrected chi connectivity index (χ1v) is 11.4. The van der Waals surface area contributed by atoms with E-state index in [0.717, 1.165) is 23.2 Å². The first kappa shape index (κ1) is 25.9. The molecule has 13 heteroatoms. The van der Waals surface area contributed by atoms with Gasteiger partial charge in [0, 0.05) is 30.9 Å². The molecule has 0 spiro atoms. The maximum absolute atomic E-state index is 13.1. The molecule has 37 heavy (non-hydrogen) atoms. The van der Waals surface area contributed by atoms with Crippen LogP contribution in [0.5, 0.6) is 5.75 Å². The minimum Gasteiger partial charge on any atom is -0.406 e. The number of aromatic nitrogens is 3. The van der Waals surface area contributed by atoms with Gasteiger partial charge in [0.15, 0.2) is 5.82 Å². The van der Waals surface area contributed by atoms with E-state index in [0.29, 0.717) is 29.8 Å². The molecule has 2 aromatic heterocycles. The van der Waals surface area contributed by atoms with E-state index in [9.17, 15) is 27.6 Å². The smallest absolute Gasteiger partial charge is 0.406 e. The van der Waals surface area contributed by atoms with Gasteiger partial charge in [0.25, 0.3) is 11.1 Å². The predicted octanol–water partition coefficient (Wildman–Crippen LogP) is 2.29. The second-order valence-electron chi connectivity index (χ2n) is 8.19. The number of anilines is 2. The molecule has 1 aliphatic rings. The quantitative estimate of drug-likeness (QED) is 0.417. The lowest BCUT2D eigenvalue weighted by atomic mass is 10.2. The first-order valence-electron chi connectivity index (χ1n) is 11.4. The average molecular weight is 519 g/mol. The van der Waals surface area contributed by atoms with Gasteiger partial charge in [0.1, 0.15) is 18.0 Å². The molecule has 196 valence electrons. The van der Waals surface area contributed by atoms with Crippen molar-refractivity contribution in [3.8, 4) is 11.4 Å². The monoisotopic (exact) mass is 519 g/mol. The highest BCUT2D eigenvalue weighted by Crippen LogP contribution is 2.28. The molecule has 2 heterocycles. The number of likely N-dealkylation sites (N-methyl/N-ethyl adjacent to an activating group) is 1. The SMILES string of the molecule is CNC(=O)COCCn1cccc(Nc2nn(-c3ccc(OC(F)(F)F)cc3)c(=O)c3c2CCC3)c1=O. The molecule has 0 saturated heterocycles. The van der Waals surface area contributed by atoms with E-state index in [2.05, 4.69) is 20.5 Å². The molecule has 0 atom stereocenters. The van der Waals surface area contributed by atoms with Gasteiger partial charge < -0.3 is 24.7 Å². The Bertz CT molecular complexity index is 1400. The number of alkyl halides is 3. The predicted molar refractivity (Wildman–Crippen MR) is 127 cm³/mol. The number of nitrogens with one attached hydrogen (secondary N) is 2. The molecular weight excluding hydrogens is 495 g/mol. The molecule has 1 aliphatic carbocycles. The fourth-order valence-electron chi connectivity index (χ4n) is 3.97. The summed E-state index contributed by atoms with van der Waals surface area (Å²) in [5.41, 5.74) is 0.965. The van der Waals surface area contributed by atoms with Crippen LogP contribution in [0.2, 0.25) is 0 Å². The van der Waals surface area contributed by atoms with Crippen LogP contribution in [0.4, 0.5) is 24.7 Å². The molecule has 1 amide bonds. The molecular formula is C24H24F3N5O5. The summed E-state index contributed by atoms with van der Waals surface area (Å²) in [6.45, 7) is 0.232. The summed E-state index contributed by atoms with van der Waals surface area (Å²) in [5.74, 6) is -0.387. The molecule has 0 aliphatic heterocycles. The number of hydrogen-bond acceptors (Lipinski definition) is 7. The zero-order valence-electron chi connectivity index (χ0n) is 19.8. The molecule has 3 aromatic rings. The van der Waals surface area contributed by atoms with Crippen LogP contribution in [-0.2, 0) is 28.9 Å². The Hall–Kier alpha value is -4.13. The van der Waals surface area contributed by atoms with Crippen LogP contribution in [0, 0.1) is 0 Å². The van der Waals surface area contributed by atoms with Crippen LogP contribution in [0.1, 0.15) is 17.5 Å². The molecule has 0 radical (unpaired) electrons. The summed E-state index contributed by atoms with van der Waals surface area (Å²) in [5, 5.41) is 9.87.